The first-order chi connectivity index (χ1) is 13.0. The lowest BCUT2D eigenvalue weighted by atomic mass is 10.1. The number of nitrogens with zero attached hydrogens (tertiary/aromatic N) is 2. The second-order valence-corrected chi connectivity index (χ2v) is 7.13. The van der Waals surface area contributed by atoms with Crippen LogP contribution in [0, 0.1) is 6.92 Å². The maximum atomic E-state index is 11.8. The highest BCUT2D eigenvalue weighted by Crippen LogP contribution is 2.17. The standard InChI is InChI=1S/C16H21N5O5S/c1-9-11(14(23)19-15(24)18-9)4-5-13-20-21-16(26-13)27-8-12(22)17-7-10-3-2-6-25-10/h10H,2-8H2,1H3,(H,17,22)(H2,18,19,23,24)/t10-/m0/s1. The Morgan fingerprint density at radius 1 is 1.30 bits per heavy atom. The number of carbonyl (C=O) groups is 1. The first-order valence-electron chi connectivity index (χ1n) is 8.67. The van der Waals surface area contributed by atoms with E-state index in [0.717, 1.165) is 31.2 Å². The number of thioether (sulfide) groups is 1. The molecule has 3 N–H and O–H groups in total. The van der Waals surface area contributed by atoms with Crippen molar-refractivity contribution in [1.29, 1.82) is 0 Å². The summed E-state index contributed by atoms with van der Waals surface area (Å²) in [5, 5.41) is 10.9. The maximum Gasteiger partial charge on any atom is 0.325 e. The third-order valence-corrected chi connectivity index (χ3v) is 4.99. The molecule has 1 amide bonds. The number of nitrogens with one attached hydrogen (secondary N) is 3. The molecule has 27 heavy (non-hydrogen) atoms. The Bertz CT molecular complexity index is 899. The molecule has 0 aromatic carbocycles. The zero-order valence-corrected chi connectivity index (χ0v) is 15.7. The van der Waals surface area contributed by atoms with Crippen LogP contribution in [0.3, 0.4) is 0 Å². The molecule has 0 radical (unpaired) electrons. The second-order valence-electron chi connectivity index (χ2n) is 6.20. The van der Waals surface area contributed by atoms with Crippen LogP contribution in [0.5, 0.6) is 0 Å². The first-order valence-corrected chi connectivity index (χ1v) is 9.65. The molecule has 2 aromatic rings. The first kappa shape index (κ1) is 19.4. The van der Waals surface area contributed by atoms with Gasteiger partial charge in [0.1, 0.15) is 0 Å². The van der Waals surface area contributed by atoms with Gasteiger partial charge in [0.2, 0.25) is 11.8 Å². The highest BCUT2D eigenvalue weighted by atomic mass is 32.2. The van der Waals surface area contributed by atoms with E-state index in [9.17, 15) is 14.4 Å². The number of hydrogen-bond acceptors (Lipinski definition) is 8. The van der Waals surface area contributed by atoms with Gasteiger partial charge in [-0.3, -0.25) is 14.6 Å². The lowest BCUT2D eigenvalue weighted by molar-refractivity contribution is -0.119. The van der Waals surface area contributed by atoms with Crippen LogP contribution >= 0.6 is 11.8 Å². The van der Waals surface area contributed by atoms with Gasteiger partial charge in [0.05, 0.1) is 11.9 Å². The normalized spacial score (nSPS) is 16.6. The zero-order valence-electron chi connectivity index (χ0n) is 14.9. The molecule has 1 saturated heterocycles. The monoisotopic (exact) mass is 395 g/mol. The van der Waals surface area contributed by atoms with E-state index in [2.05, 4.69) is 25.5 Å². The van der Waals surface area contributed by atoms with Gasteiger partial charge in [0, 0.05) is 30.8 Å². The zero-order chi connectivity index (χ0) is 19.2. The summed E-state index contributed by atoms with van der Waals surface area (Å²) in [4.78, 5) is 39.6. The molecular weight excluding hydrogens is 374 g/mol. The Morgan fingerprint density at radius 3 is 2.89 bits per heavy atom. The molecule has 3 heterocycles. The van der Waals surface area contributed by atoms with Crippen LogP contribution in [0.2, 0.25) is 0 Å². The number of rotatable bonds is 8. The summed E-state index contributed by atoms with van der Waals surface area (Å²) in [6.45, 7) is 2.93. The number of hydrogen-bond donors (Lipinski definition) is 3. The highest BCUT2D eigenvalue weighted by Gasteiger charge is 2.17. The van der Waals surface area contributed by atoms with Crippen LogP contribution in [0.1, 0.15) is 30.0 Å². The van der Waals surface area contributed by atoms with Gasteiger partial charge in [-0.2, -0.15) is 0 Å². The van der Waals surface area contributed by atoms with Crippen LogP contribution in [0.15, 0.2) is 19.2 Å². The Labute approximate surface area is 158 Å². The van der Waals surface area contributed by atoms with E-state index < -0.39 is 11.2 Å². The van der Waals surface area contributed by atoms with Crippen molar-refractivity contribution in [3.63, 3.8) is 0 Å². The van der Waals surface area contributed by atoms with E-state index in [0.29, 0.717) is 41.8 Å². The molecule has 0 bridgehead atoms. The number of ether oxygens (including phenoxy) is 1. The molecule has 10 nitrogen and oxygen atoms in total. The average molecular weight is 395 g/mol. The summed E-state index contributed by atoms with van der Waals surface area (Å²) in [6, 6.07) is 0. The van der Waals surface area contributed by atoms with E-state index in [4.69, 9.17) is 9.15 Å². The van der Waals surface area contributed by atoms with Gasteiger partial charge in [-0.05, 0) is 26.2 Å². The second kappa shape index (κ2) is 9.00. The molecule has 1 aliphatic rings. The van der Waals surface area contributed by atoms with Crippen molar-refractivity contribution in [3.05, 3.63) is 38.0 Å². The van der Waals surface area contributed by atoms with Gasteiger partial charge in [0.15, 0.2) is 0 Å². The average Bonchev–Trinajstić information content (AvgIpc) is 3.29. The van der Waals surface area contributed by atoms with Crippen molar-refractivity contribution in [2.24, 2.45) is 0 Å². The predicted molar refractivity (Wildman–Crippen MR) is 96.8 cm³/mol. The molecular formula is C16H21N5O5S. The Morgan fingerprint density at radius 2 is 2.15 bits per heavy atom. The number of aromatic nitrogens is 4. The number of aromatic amines is 2. The van der Waals surface area contributed by atoms with Crippen molar-refractivity contribution in [3.8, 4) is 0 Å². The third kappa shape index (κ3) is 5.54. The van der Waals surface area contributed by atoms with E-state index in [1.807, 2.05) is 0 Å². The van der Waals surface area contributed by atoms with Crippen molar-refractivity contribution >= 4 is 17.7 Å². The molecule has 0 spiro atoms. The fourth-order valence-electron chi connectivity index (χ4n) is 2.77. The topological polar surface area (TPSA) is 143 Å². The SMILES string of the molecule is Cc1[nH]c(=O)[nH]c(=O)c1CCc1nnc(SCC(=O)NC[C@@H]2CCCO2)o1. The molecule has 1 aliphatic heterocycles. The summed E-state index contributed by atoms with van der Waals surface area (Å²) < 4.78 is 10.9. The van der Waals surface area contributed by atoms with E-state index in [-0.39, 0.29) is 17.8 Å². The predicted octanol–water partition coefficient (Wildman–Crippen LogP) is -0.0729. The highest BCUT2D eigenvalue weighted by molar-refractivity contribution is 7.99. The van der Waals surface area contributed by atoms with Crippen LogP contribution in [-0.2, 0) is 22.4 Å². The van der Waals surface area contributed by atoms with E-state index in [1.165, 1.54) is 0 Å². The maximum absolute atomic E-state index is 11.8. The smallest absolute Gasteiger partial charge is 0.325 e. The number of carbonyl (C=O) groups excluding carboxylic acids is 1. The molecule has 0 aliphatic carbocycles. The van der Waals surface area contributed by atoms with Gasteiger partial charge >= 0.3 is 5.69 Å². The third-order valence-electron chi connectivity index (χ3n) is 4.17. The van der Waals surface area contributed by atoms with Crippen molar-refractivity contribution < 1.29 is 13.9 Å². The van der Waals surface area contributed by atoms with Crippen LogP contribution < -0.4 is 16.6 Å². The summed E-state index contributed by atoms with van der Waals surface area (Å²) >= 11 is 1.15. The summed E-state index contributed by atoms with van der Waals surface area (Å²) in [5.41, 5.74) is 0.0278. The molecule has 2 aromatic heterocycles. The minimum Gasteiger partial charge on any atom is -0.416 e. The number of amides is 1. The lowest BCUT2D eigenvalue weighted by Gasteiger charge is -2.09. The number of aryl methyl sites for hydroxylation is 2. The minimum atomic E-state index is -0.532. The molecule has 3 rings (SSSR count). The molecule has 11 heteroatoms. The van der Waals surface area contributed by atoms with Gasteiger partial charge < -0.3 is 19.5 Å². The molecule has 0 unspecified atom stereocenters. The van der Waals surface area contributed by atoms with Crippen molar-refractivity contribution in [2.75, 3.05) is 18.9 Å². The Hall–Kier alpha value is -2.40. The van der Waals surface area contributed by atoms with Gasteiger partial charge in [-0.25, -0.2) is 4.79 Å². The number of H-pyrrole nitrogens is 2. The summed E-state index contributed by atoms with van der Waals surface area (Å²) in [5.74, 6) is 0.417. The largest absolute Gasteiger partial charge is 0.416 e. The Kier molecular flexibility index (Phi) is 6.45. The van der Waals surface area contributed by atoms with Crippen molar-refractivity contribution in [2.45, 2.75) is 43.9 Å². The quantitative estimate of drug-likeness (QED) is 0.527. The van der Waals surface area contributed by atoms with Crippen LogP contribution in [0.25, 0.3) is 0 Å². The fourth-order valence-corrected chi connectivity index (χ4v) is 3.38. The van der Waals surface area contributed by atoms with Crippen LogP contribution in [0.4, 0.5) is 0 Å². The molecule has 146 valence electrons. The van der Waals surface area contributed by atoms with E-state index in [1.54, 1.807) is 6.92 Å². The van der Waals surface area contributed by atoms with Gasteiger partial charge in [-0.15, -0.1) is 10.2 Å². The fraction of sp³-hybridized carbons (Fsp3) is 0.562. The molecule has 1 fully saturated rings. The van der Waals surface area contributed by atoms with Crippen LogP contribution in [-0.4, -0.2) is 51.1 Å². The van der Waals surface area contributed by atoms with E-state index >= 15 is 0 Å². The minimum absolute atomic E-state index is 0.105. The molecule has 0 saturated carbocycles. The van der Waals surface area contributed by atoms with Gasteiger partial charge in [0.25, 0.3) is 10.8 Å². The lowest BCUT2D eigenvalue weighted by Crippen LogP contribution is -2.32. The Balaban J connectivity index is 1.45. The van der Waals surface area contributed by atoms with Gasteiger partial charge in [-0.1, -0.05) is 11.8 Å². The summed E-state index contributed by atoms with van der Waals surface area (Å²) in [6.07, 6.45) is 2.82. The van der Waals surface area contributed by atoms with Crippen molar-refractivity contribution in [1.82, 2.24) is 25.5 Å². The molecule has 1 atom stereocenters. The summed E-state index contributed by atoms with van der Waals surface area (Å²) in [7, 11) is 0.